The lowest BCUT2D eigenvalue weighted by Crippen LogP contribution is -2.43. The Bertz CT molecular complexity index is 215. The van der Waals surface area contributed by atoms with Crippen LogP contribution in [0.3, 0.4) is 0 Å². The van der Waals surface area contributed by atoms with Gasteiger partial charge in [-0.25, -0.2) is 0 Å². The Labute approximate surface area is 127 Å². The van der Waals surface area contributed by atoms with Crippen LogP contribution in [0.5, 0.6) is 0 Å². The summed E-state index contributed by atoms with van der Waals surface area (Å²) in [5.41, 5.74) is 0.403. The van der Waals surface area contributed by atoms with Gasteiger partial charge in [0.25, 0.3) is 0 Å². The molecule has 0 atom stereocenters. The molecule has 3 heteroatoms. The van der Waals surface area contributed by atoms with Gasteiger partial charge in [-0.1, -0.05) is 27.7 Å². The Morgan fingerprint density at radius 3 is 2.25 bits per heavy atom. The van der Waals surface area contributed by atoms with E-state index in [1.807, 2.05) is 0 Å². The summed E-state index contributed by atoms with van der Waals surface area (Å²) in [5.74, 6) is 0.720. The largest absolute Gasteiger partial charge is 0.396 e. The summed E-state index contributed by atoms with van der Waals surface area (Å²) in [7, 11) is 2.24. The molecule has 122 valence electrons. The van der Waals surface area contributed by atoms with Gasteiger partial charge in [0.2, 0.25) is 0 Å². The molecule has 0 saturated carbocycles. The molecule has 0 aromatic heterocycles. The lowest BCUT2D eigenvalue weighted by Gasteiger charge is -2.36. The molecule has 0 aliphatic rings. The predicted octanol–water partition coefficient (Wildman–Crippen LogP) is 3.13. The van der Waals surface area contributed by atoms with Crippen LogP contribution in [0.4, 0.5) is 0 Å². The van der Waals surface area contributed by atoms with Crippen molar-refractivity contribution in [1.82, 2.24) is 10.2 Å². The summed E-state index contributed by atoms with van der Waals surface area (Å²) >= 11 is 0. The van der Waals surface area contributed by atoms with Crippen LogP contribution in [-0.4, -0.2) is 49.8 Å². The highest BCUT2D eigenvalue weighted by atomic mass is 16.2. The van der Waals surface area contributed by atoms with Gasteiger partial charge in [0.15, 0.2) is 0 Å². The molecule has 0 rings (SSSR count). The molecule has 0 heterocycles. The minimum Gasteiger partial charge on any atom is -0.396 e. The molecular weight excluding hydrogens is 248 g/mol. The van der Waals surface area contributed by atoms with Gasteiger partial charge >= 0.3 is 0 Å². The first-order valence-corrected chi connectivity index (χ1v) is 8.49. The molecule has 2 N–H and O–H groups in total. The summed E-state index contributed by atoms with van der Waals surface area (Å²) in [4.78, 5) is 2.47. The molecule has 0 aliphatic carbocycles. The zero-order valence-electron chi connectivity index (χ0n) is 14.5. The second-order valence-electron chi connectivity index (χ2n) is 6.75. The fourth-order valence-corrected chi connectivity index (χ4v) is 2.73. The van der Waals surface area contributed by atoms with E-state index in [9.17, 15) is 0 Å². The van der Waals surface area contributed by atoms with Gasteiger partial charge in [-0.15, -0.1) is 0 Å². The number of nitrogens with one attached hydrogen (secondary N) is 1. The first-order chi connectivity index (χ1) is 9.49. The Morgan fingerprint density at radius 2 is 1.75 bits per heavy atom. The number of unbranched alkanes of at least 4 members (excludes halogenated alkanes) is 2. The van der Waals surface area contributed by atoms with Crippen molar-refractivity contribution in [1.29, 1.82) is 0 Å². The van der Waals surface area contributed by atoms with Gasteiger partial charge in [-0.3, -0.25) is 0 Å². The van der Waals surface area contributed by atoms with Gasteiger partial charge in [-0.2, -0.15) is 0 Å². The highest BCUT2D eigenvalue weighted by Gasteiger charge is 2.27. The minimum atomic E-state index is 0.330. The van der Waals surface area contributed by atoms with E-state index < -0.39 is 0 Å². The lowest BCUT2D eigenvalue weighted by molar-refractivity contribution is 0.151. The topological polar surface area (TPSA) is 35.5 Å². The van der Waals surface area contributed by atoms with E-state index in [0.717, 1.165) is 38.4 Å². The maximum Gasteiger partial charge on any atom is 0.0431 e. The van der Waals surface area contributed by atoms with Crippen molar-refractivity contribution in [2.24, 2.45) is 11.3 Å². The van der Waals surface area contributed by atoms with Crippen LogP contribution < -0.4 is 5.32 Å². The Morgan fingerprint density at radius 1 is 1.10 bits per heavy atom. The lowest BCUT2D eigenvalue weighted by atomic mass is 9.81. The maximum atomic E-state index is 8.81. The van der Waals surface area contributed by atoms with Gasteiger partial charge in [0, 0.05) is 19.7 Å². The quantitative estimate of drug-likeness (QED) is 0.511. The molecule has 3 nitrogen and oxygen atoms in total. The summed E-state index contributed by atoms with van der Waals surface area (Å²) in [6.45, 7) is 14.0. The third-order valence-electron chi connectivity index (χ3n) is 4.36. The summed E-state index contributed by atoms with van der Waals surface area (Å²) in [5, 5.41) is 12.5. The van der Waals surface area contributed by atoms with Crippen molar-refractivity contribution in [3.63, 3.8) is 0 Å². The molecule has 20 heavy (non-hydrogen) atoms. The summed E-state index contributed by atoms with van der Waals surface area (Å²) < 4.78 is 0. The minimum absolute atomic E-state index is 0.330. The monoisotopic (exact) mass is 286 g/mol. The number of nitrogens with zero attached hydrogens (tertiary/aromatic N) is 1. The van der Waals surface area contributed by atoms with E-state index in [0.29, 0.717) is 12.0 Å². The van der Waals surface area contributed by atoms with Gasteiger partial charge < -0.3 is 15.3 Å². The van der Waals surface area contributed by atoms with Gasteiger partial charge in [0.1, 0.15) is 0 Å². The van der Waals surface area contributed by atoms with Crippen LogP contribution in [0, 0.1) is 11.3 Å². The molecule has 0 bridgehead atoms. The van der Waals surface area contributed by atoms with Gasteiger partial charge in [0.05, 0.1) is 0 Å². The van der Waals surface area contributed by atoms with E-state index in [1.54, 1.807) is 0 Å². The van der Waals surface area contributed by atoms with Gasteiger partial charge in [-0.05, 0) is 63.6 Å². The van der Waals surface area contributed by atoms with Crippen LogP contribution in [0.25, 0.3) is 0 Å². The molecule has 0 unspecified atom stereocenters. The molecule has 0 aliphatic heterocycles. The van der Waals surface area contributed by atoms with Crippen LogP contribution in [-0.2, 0) is 0 Å². The van der Waals surface area contributed by atoms with E-state index in [2.05, 4.69) is 45.0 Å². The normalized spacial score (nSPS) is 12.6. The Hall–Kier alpha value is -0.120. The molecular formula is C17H38N2O. The number of hydrogen-bond acceptors (Lipinski definition) is 3. The van der Waals surface area contributed by atoms with Crippen molar-refractivity contribution in [2.75, 3.05) is 39.8 Å². The standard InChI is InChI=1S/C17H38N2O/c1-6-17(7-2,14-18-13-16(3)4)15-19(5)11-9-8-10-12-20/h16,18,20H,6-15H2,1-5H3. The Balaban J connectivity index is 4.14. The fraction of sp³-hybridized carbons (Fsp3) is 1.00. The number of aliphatic hydroxyl groups excluding tert-OH is 1. The van der Waals surface area contributed by atoms with Crippen LogP contribution in [0.15, 0.2) is 0 Å². The number of hydrogen-bond donors (Lipinski definition) is 2. The maximum absolute atomic E-state index is 8.81. The average molecular weight is 287 g/mol. The number of rotatable bonds is 13. The Kier molecular flexibility index (Phi) is 11.5. The van der Waals surface area contributed by atoms with Crippen molar-refractivity contribution >= 4 is 0 Å². The van der Waals surface area contributed by atoms with E-state index in [1.165, 1.54) is 25.8 Å². The van der Waals surface area contributed by atoms with Crippen molar-refractivity contribution < 1.29 is 5.11 Å². The van der Waals surface area contributed by atoms with Crippen molar-refractivity contribution in [3.05, 3.63) is 0 Å². The summed E-state index contributed by atoms with van der Waals surface area (Å²) in [6.07, 6.45) is 5.74. The third kappa shape index (κ3) is 8.93. The molecule has 0 aromatic rings. The molecule has 0 amide bonds. The third-order valence-corrected chi connectivity index (χ3v) is 4.36. The molecule has 0 spiro atoms. The smallest absolute Gasteiger partial charge is 0.0431 e. The molecule has 0 aromatic carbocycles. The fourth-order valence-electron chi connectivity index (χ4n) is 2.73. The van der Waals surface area contributed by atoms with Crippen LogP contribution in [0.1, 0.15) is 59.8 Å². The zero-order chi connectivity index (χ0) is 15.4. The molecule has 0 radical (unpaired) electrons. The average Bonchev–Trinajstić information content (AvgIpc) is 2.42. The zero-order valence-corrected chi connectivity index (χ0v) is 14.5. The van der Waals surface area contributed by atoms with Crippen molar-refractivity contribution in [3.8, 4) is 0 Å². The highest BCUT2D eigenvalue weighted by molar-refractivity contribution is 4.82. The molecule has 0 fully saturated rings. The SMILES string of the molecule is CCC(CC)(CNCC(C)C)CN(C)CCCCCO. The van der Waals surface area contributed by atoms with Crippen LogP contribution >= 0.6 is 0 Å². The van der Waals surface area contributed by atoms with E-state index in [4.69, 9.17) is 5.11 Å². The first-order valence-electron chi connectivity index (χ1n) is 8.49. The number of aliphatic hydroxyl groups is 1. The van der Waals surface area contributed by atoms with Crippen LogP contribution in [0.2, 0.25) is 0 Å². The first kappa shape index (κ1) is 19.9. The van der Waals surface area contributed by atoms with E-state index in [-0.39, 0.29) is 0 Å². The van der Waals surface area contributed by atoms with Crippen molar-refractivity contribution in [2.45, 2.75) is 59.8 Å². The second kappa shape index (κ2) is 11.5. The summed E-state index contributed by atoms with van der Waals surface area (Å²) in [6, 6.07) is 0. The predicted molar refractivity (Wildman–Crippen MR) is 89.2 cm³/mol. The second-order valence-corrected chi connectivity index (χ2v) is 6.75. The highest BCUT2D eigenvalue weighted by Crippen LogP contribution is 2.26. The van der Waals surface area contributed by atoms with E-state index >= 15 is 0 Å². The molecule has 0 saturated heterocycles.